The van der Waals surface area contributed by atoms with Gasteiger partial charge < -0.3 is 9.64 Å². The van der Waals surface area contributed by atoms with Crippen LogP contribution in [0.25, 0.3) is 0 Å². The molecular weight excluding hydrogens is 359 g/mol. The second-order valence-electron chi connectivity index (χ2n) is 7.57. The number of nitrogens with zero attached hydrogens (tertiary/aromatic N) is 4. The zero-order chi connectivity index (χ0) is 19.5. The minimum absolute atomic E-state index is 0.0896. The SMILES string of the molecule is CCn1cc([C@@H]2OCC[C@H]2CN2CCN(C(=O)c3cccc(F)c3)CC2)cn1. The Bertz CT molecular complexity index is 816. The third-order valence-corrected chi connectivity index (χ3v) is 5.74. The molecule has 7 heteroatoms. The Hall–Kier alpha value is -2.25. The van der Waals surface area contributed by atoms with Crippen LogP contribution in [0.3, 0.4) is 0 Å². The fraction of sp³-hybridized carbons (Fsp3) is 0.524. The summed E-state index contributed by atoms with van der Waals surface area (Å²) >= 11 is 0. The first-order valence-corrected chi connectivity index (χ1v) is 10.0. The molecule has 0 unspecified atom stereocenters. The lowest BCUT2D eigenvalue weighted by Gasteiger charge is -2.36. The van der Waals surface area contributed by atoms with Gasteiger partial charge in [-0.3, -0.25) is 14.4 Å². The quantitative estimate of drug-likeness (QED) is 0.793. The van der Waals surface area contributed by atoms with Crippen molar-refractivity contribution in [2.45, 2.75) is 26.0 Å². The van der Waals surface area contributed by atoms with Gasteiger partial charge in [0.25, 0.3) is 5.91 Å². The van der Waals surface area contributed by atoms with Crippen molar-refractivity contribution in [3.05, 3.63) is 53.6 Å². The van der Waals surface area contributed by atoms with Gasteiger partial charge in [0.15, 0.2) is 0 Å². The normalized spacial score (nSPS) is 23.3. The Balaban J connectivity index is 1.32. The van der Waals surface area contributed by atoms with E-state index in [0.717, 1.165) is 44.8 Å². The predicted molar refractivity (Wildman–Crippen MR) is 103 cm³/mol. The molecule has 6 nitrogen and oxygen atoms in total. The van der Waals surface area contributed by atoms with Gasteiger partial charge in [-0.1, -0.05) is 6.07 Å². The number of carbonyl (C=O) groups excluding carboxylic acids is 1. The number of hydrogen-bond acceptors (Lipinski definition) is 4. The summed E-state index contributed by atoms with van der Waals surface area (Å²) in [6.45, 7) is 7.68. The van der Waals surface area contributed by atoms with Crippen LogP contribution in [-0.4, -0.2) is 64.8 Å². The summed E-state index contributed by atoms with van der Waals surface area (Å²) in [6, 6.07) is 5.93. The third-order valence-electron chi connectivity index (χ3n) is 5.74. The van der Waals surface area contributed by atoms with Gasteiger partial charge in [0.05, 0.1) is 12.3 Å². The van der Waals surface area contributed by atoms with Gasteiger partial charge in [0.2, 0.25) is 0 Å². The molecule has 0 aliphatic carbocycles. The van der Waals surface area contributed by atoms with Crippen LogP contribution in [-0.2, 0) is 11.3 Å². The van der Waals surface area contributed by atoms with Crippen LogP contribution < -0.4 is 0 Å². The molecule has 2 aromatic rings. The maximum absolute atomic E-state index is 13.4. The van der Waals surface area contributed by atoms with Crippen molar-refractivity contribution in [2.24, 2.45) is 5.92 Å². The molecule has 4 rings (SSSR count). The number of amides is 1. The summed E-state index contributed by atoms with van der Waals surface area (Å²) in [6.07, 6.45) is 5.15. The molecule has 0 bridgehead atoms. The molecule has 3 heterocycles. The number of carbonyl (C=O) groups is 1. The molecule has 0 spiro atoms. The standard InChI is InChI=1S/C21H27FN4O2/c1-2-26-15-18(13-23-26)20-17(6-11-28-20)14-24-7-9-25(10-8-24)21(27)16-4-3-5-19(22)12-16/h3-5,12-13,15,17,20H,2,6-11,14H2,1H3/t17-,20+/m0/s1. The van der Waals surface area contributed by atoms with Gasteiger partial charge in [-0.05, 0) is 31.5 Å². The monoisotopic (exact) mass is 386 g/mol. The van der Waals surface area contributed by atoms with Crippen molar-refractivity contribution in [3.63, 3.8) is 0 Å². The summed E-state index contributed by atoms with van der Waals surface area (Å²) in [5.74, 6) is -0.0173. The lowest BCUT2D eigenvalue weighted by Crippen LogP contribution is -2.50. The topological polar surface area (TPSA) is 50.6 Å². The molecule has 0 N–H and O–H groups in total. The summed E-state index contributed by atoms with van der Waals surface area (Å²) in [5, 5.41) is 4.38. The van der Waals surface area contributed by atoms with Crippen LogP contribution in [0.2, 0.25) is 0 Å². The van der Waals surface area contributed by atoms with Gasteiger partial charge in [0, 0.05) is 69.1 Å². The number of aromatic nitrogens is 2. The second-order valence-corrected chi connectivity index (χ2v) is 7.57. The van der Waals surface area contributed by atoms with E-state index in [4.69, 9.17) is 4.74 Å². The van der Waals surface area contributed by atoms with Crippen LogP contribution in [0.15, 0.2) is 36.7 Å². The van der Waals surface area contributed by atoms with E-state index in [9.17, 15) is 9.18 Å². The van der Waals surface area contributed by atoms with E-state index in [0.29, 0.717) is 24.6 Å². The van der Waals surface area contributed by atoms with Gasteiger partial charge in [-0.15, -0.1) is 0 Å². The van der Waals surface area contributed by atoms with Gasteiger partial charge in [-0.2, -0.15) is 5.10 Å². The van der Waals surface area contributed by atoms with Gasteiger partial charge in [-0.25, -0.2) is 4.39 Å². The maximum Gasteiger partial charge on any atom is 0.254 e. The molecule has 2 fully saturated rings. The molecule has 28 heavy (non-hydrogen) atoms. The highest BCUT2D eigenvalue weighted by atomic mass is 19.1. The number of halogens is 1. The number of ether oxygens (including phenoxy) is 1. The van der Waals surface area contributed by atoms with E-state index in [1.54, 1.807) is 12.1 Å². The van der Waals surface area contributed by atoms with E-state index >= 15 is 0 Å². The van der Waals surface area contributed by atoms with E-state index in [1.807, 2.05) is 15.8 Å². The highest BCUT2D eigenvalue weighted by Gasteiger charge is 2.33. The summed E-state index contributed by atoms with van der Waals surface area (Å²) < 4.78 is 21.3. The van der Waals surface area contributed by atoms with Crippen LogP contribution in [0.4, 0.5) is 4.39 Å². The van der Waals surface area contributed by atoms with Crippen LogP contribution >= 0.6 is 0 Å². The third kappa shape index (κ3) is 4.10. The zero-order valence-electron chi connectivity index (χ0n) is 16.3. The first kappa shape index (κ1) is 19.1. The van der Waals surface area contributed by atoms with Crippen molar-refractivity contribution in [1.82, 2.24) is 19.6 Å². The fourth-order valence-electron chi connectivity index (χ4n) is 4.16. The Morgan fingerprint density at radius 2 is 2.11 bits per heavy atom. The molecule has 0 radical (unpaired) electrons. The maximum atomic E-state index is 13.4. The van der Waals surface area contributed by atoms with Crippen molar-refractivity contribution < 1.29 is 13.9 Å². The highest BCUT2D eigenvalue weighted by molar-refractivity contribution is 5.94. The largest absolute Gasteiger partial charge is 0.373 e. The van der Waals surface area contributed by atoms with E-state index < -0.39 is 0 Å². The van der Waals surface area contributed by atoms with Crippen LogP contribution in [0.1, 0.15) is 35.4 Å². The fourth-order valence-corrected chi connectivity index (χ4v) is 4.16. The minimum atomic E-state index is -0.372. The Kier molecular flexibility index (Phi) is 5.73. The molecule has 2 atom stereocenters. The Morgan fingerprint density at radius 1 is 1.29 bits per heavy atom. The molecular formula is C21H27FN4O2. The number of piperazine rings is 1. The van der Waals surface area contributed by atoms with Crippen molar-refractivity contribution in [1.29, 1.82) is 0 Å². The van der Waals surface area contributed by atoms with Crippen molar-refractivity contribution in [3.8, 4) is 0 Å². The zero-order valence-corrected chi connectivity index (χ0v) is 16.3. The molecule has 0 saturated carbocycles. The number of aryl methyl sites for hydroxylation is 1. The van der Waals surface area contributed by atoms with Gasteiger partial charge in [0.1, 0.15) is 5.82 Å². The second kappa shape index (κ2) is 8.41. The summed E-state index contributed by atoms with van der Waals surface area (Å²) in [7, 11) is 0. The average Bonchev–Trinajstić information content (AvgIpc) is 3.37. The molecule has 2 saturated heterocycles. The smallest absolute Gasteiger partial charge is 0.254 e. The van der Waals surface area contributed by atoms with E-state index in [1.165, 1.54) is 12.1 Å². The first-order valence-electron chi connectivity index (χ1n) is 10.0. The summed E-state index contributed by atoms with van der Waals surface area (Å²) in [4.78, 5) is 16.8. The average molecular weight is 386 g/mol. The van der Waals surface area contributed by atoms with Crippen molar-refractivity contribution in [2.75, 3.05) is 39.3 Å². The van der Waals surface area contributed by atoms with Crippen LogP contribution in [0.5, 0.6) is 0 Å². The lowest BCUT2D eigenvalue weighted by atomic mass is 9.96. The molecule has 150 valence electrons. The molecule has 1 aromatic carbocycles. The Labute approximate surface area is 164 Å². The molecule has 1 amide bonds. The van der Waals surface area contributed by atoms with Gasteiger partial charge >= 0.3 is 0 Å². The number of hydrogen-bond donors (Lipinski definition) is 0. The van der Waals surface area contributed by atoms with Crippen LogP contribution in [0, 0.1) is 11.7 Å². The molecule has 2 aliphatic heterocycles. The minimum Gasteiger partial charge on any atom is -0.373 e. The van der Waals surface area contributed by atoms with Crippen molar-refractivity contribution >= 4 is 5.91 Å². The highest BCUT2D eigenvalue weighted by Crippen LogP contribution is 2.35. The predicted octanol–water partition coefficient (Wildman–Crippen LogP) is 2.58. The molecule has 2 aliphatic rings. The van der Waals surface area contributed by atoms with E-state index in [-0.39, 0.29) is 17.8 Å². The number of benzene rings is 1. The lowest BCUT2D eigenvalue weighted by molar-refractivity contribution is 0.0525. The Morgan fingerprint density at radius 3 is 2.82 bits per heavy atom. The first-order chi connectivity index (χ1) is 13.6. The molecule has 1 aromatic heterocycles. The summed E-state index contributed by atoms with van der Waals surface area (Å²) in [5.41, 5.74) is 1.58. The van der Waals surface area contributed by atoms with E-state index in [2.05, 4.69) is 23.1 Å². The number of rotatable bonds is 5.